The van der Waals surface area contributed by atoms with Gasteiger partial charge in [-0.05, 0) is 55.5 Å². The van der Waals surface area contributed by atoms with Crippen molar-refractivity contribution in [1.82, 2.24) is 10.2 Å². The molecule has 0 radical (unpaired) electrons. The lowest BCUT2D eigenvalue weighted by Gasteiger charge is -2.44. The second kappa shape index (κ2) is 9.84. The molecule has 192 valence electrons. The molecule has 2 aromatic carbocycles. The van der Waals surface area contributed by atoms with Gasteiger partial charge in [0, 0.05) is 25.3 Å². The van der Waals surface area contributed by atoms with E-state index in [1.54, 1.807) is 23.1 Å². The molecule has 1 spiro atoms. The summed E-state index contributed by atoms with van der Waals surface area (Å²) in [5.74, 6) is 0.220. The van der Waals surface area contributed by atoms with Gasteiger partial charge in [0.05, 0.1) is 11.6 Å². The SMILES string of the molecule is O=C1NC(=NC2CCCCC2)C2(CCN(Cc3cccc(C(F)(F)F)c3)CC2)N1c1cccc(F)c1. The number of hydrogen-bond donors (Lipinski definition) is 1. The Kier molecular flexibility index (Phi) is 6.76. The van der Waals surface area contributed by atoms with Crippen molar-refractivity contribution in [3.05, 3.63) is 65.5 Å². The molecule has 5 rings (SSSR count). The van der Waals surface area contributed by atoms with E-state index in [2.05, 4.69) is 10.2 Å². The first-order valence-corrected chi connectivity index (χ1v) is 12.6. The van der Waals surface area contributed by atoms with Crippen molar-refractivity contribution in [1.29, 1.82) is 0 Å². The molecule has 3 fully saturated rings. The monoisotopic (exact) mass is 502 g/mol. The molecule has 36 heavy (non-hydrogen) atoms. The maximum Gasteiger partial charge on any atom is 0.416 e. The molecule has 0 atom stereocenters. The van der Waals surface area contributed by atoms with Gasteiger partial charge >= 0.3 is 12.2 Å². The van der Waals surface area contributed by atoms with E-state index >= 15 is 0 Å². The third-order valence-corrected chi connectivity index (χ3v) is 7.59. The van der Waals surface area contributed by atoms with Crippen molar-refractivity contribution in [2.45, 2.75) is 69.2 Å². The van der Waals surface area contributed by atoms with E-state index in [0.29, 0.717) is 49.6 Å². The molecule has 5 nitrogen and oxygen atoms in total. The number of hydrogen-bond acceptors (Lipinski definition) is 3. The fraction of sp³-hybridized carbons (Fsp3) is 0.481. The standard InChI is InChI=1S/C27H30F4N4O/c28-21-8-5-11-23(17-21)35-25(36)33-24(32-22-9-2-1-3-10-22)26(35)12-14-34(15-13-26)18-19-6-4-7-20(16-19)27(29,30)31/h4-8,11,16-17,22H,1-3,9-10,12-15,18H2,(H,32,33,36). The molecular formula is C27H30F4N4O. The van der Waals surface area contributed by atoms with Crippen LogP contribution in [0.4, 0.5) is 28.0 Å². The van der Waals surface area contributed by atoms with E-state index in [4.69, 9.17) is 4.99 Å². The van der Waals surface area contributed by atoms with Crippen molar-refractivity contribution >= 4 is 17.6 Å². The summed E-state index contributed by atoms with van der Waals surface area (Å²) in [5, 5.41) is 2.99. The Labute approximate surface area is 208 Å². The maximum atomic E-state index is 14.1. The van der Waals surface area contributed by atoms with Crippen molar-refractivity contribution in [3.63, 3.8) is 0 Å². The zero-order chi connectivity index (χ0) is 25.3. The molecule has 0 unspecified atom stereocenters. The van der Waals surface area contributed by atoms with Crippen molar-refractivity contribution in [2.24, 2.45) is 4.99 Å². The maximum absolute atomic E-state index is 14.1. The van der Waals surface area contributed by atoms with Crippen LogP contribution in [-0.4, -0.2) is 41.4 Å². The third-order valence-electron chi connectivity index (χ3n) is 7.59. The largest absolute Gasteiger partial charge is 0.416 e. The molecule has 1 N–H and O–H groups in total. The lowest BCUT2D eigenvalue weighted by Crippen LogP contribution is -2.57. The summed E-state index contributed by atoms with van der Waals surface area (Å²) in [6.07, 6.45) is 2.10. The highest BCUT2D eigenvalue weighted by Crippen LogP contribution is 2.39. The summed E-state index contributed by atoms with van der Waals surface area (Å²) < 4.78 is 53.6. The topological polar surface area (TPSA) is 47.9 Å². The van der Waals surface area contributed by atoms with Gasteiger partial charge in [0.25, 0.3) is 0 Å². The summed E-state index contributed by atoms with van der Waals surface area (Å²) in [5.41, 5.74) is -0.308. The molecular weight excluding hydrogens is 472 g/mol. The van der Waals surface area contributed by atoms with Gasteiger partial charge in [-0.15, -0.1) is 0 Å². The molecule has 3 aliphatic rings. The number of carbonyl (C=O) groups excluding carboxylic acids is 1. The van der Waals surface area contributed by atoms with Gasteiger partial charge in [0.15, 0.2) is 0 Å². The number of carbonyl (C=O) groups is 1. The van der Waals surface area contributed by atoms with Gasteiger partial charge in [-0.1, -0.05) is 43.5 Å². The molecule has 2 aliphatic heterocycles. The number of urea groups is 1. The highest BCUT2D eigenvalue weighted by molar-refractivity contribution is 6.19. The smallest absolute Gasteiger partial charge is 0.299 e. The Morgan fingerprint density at radius 3 is 2.42 bits per heavy atom. The Morgan fingerprint density at radius 1 is 1.00 bits per heavy atom. The van der Waals surface area contributed by atoms with E-state index in [1.165, 1.54) is 30.7 Å². The number of likely N-dealkylation sites (tertiary alicyclic amines) is 1. The minimum Gasteiger partial charge on any atom is -0.299 e. The number of piperidine rings is 1. The highest BCUT2D eigenvalue weighted by atomic mass is 19.4. The number of halogens is 4. The summed E-state index contributed by atoms with van der Waals surface area (Å²) in [6, 6.07) is 11.3. The molecule has 1 aliphatic carbocycles. The molecule has 1 saturated carbocycles. The Balaban J connectivity index is 1.40. The second-order valence-corrected chi connectivity index (χ2v) is 10.0. The van der Waals surface area contributed by atoms with Crippen molar-refractivity contribution < 1.29 is 22.4 Å². The quantitative estimate of drug-likeness (QED) is 0.511. The predicted molar refractivity (Wildman–Crippen MR) is 130 cm³/mol. The third kappa shape index (κ3) is 4.98. The van der Waals surface area contributed by atoms with Gasteiger partial charge in [-0.25, -0.2) is 9.18 Å². The molecule has 2 saturated heterocycles. The van der Waals surface area contributed by atoms with Crippen LogP contribution in [0, 0.1) is 5.82 Å². The fourth-order valence-corrected chi connectivity index (χ4v) is 5.74. The molecule has 2 heterocycles. The summed E-state index contributed by atoms with van der Waals surface area (Å²) in [7, 11) is 0. The van der Waals surface area contributed by atoms with Gasteiger partial charge < -0.3 is 0 Å². The minimum atomic E-state index is -4.38. The van der Waals surface area contributed by atoms with E-state index < -0.39 is 23.1 Å². The summed E-state index contributed by atoms with van der Waals surface area (Å²) in [4.78, 5) is 22.0. The number of anilines is 1. The van der Waals surface area contributed by atoms with Gasteiger partial charge in [-0.3, -0.25) is 20.1 Å². The first-order chi connectivity index (χ1) is 17.2. The first-order valence-electron chi connectivity index (χ1n) is 12.6. The number of alkyl halides is 3. The summed E-state index contributed by atoms with van der Waals surface area (Å²) >= 11 is 0. The van der Waals surface area contributed by atoms with Crippen molar-refractivity contribution in [2.75, 3.05) is 18.0 Å². The molecule has 2 aromatic rings. The Morgan fingerprint density at radius 2 is 1.72 bits per heavy atom. The summed E-state index contributed by atoms with van der Waals surface area (Å²) in [6.45, 7) is 1.53. The molecule has 2 amide bonds. The number of nitrogens with one attached hydrogen (secondary N) is 1. The van der Waals surface area contributed by atoms with Crippen LogP contribution in [0.1, 0.15) is 56.1 Å². The number of amides is 2. The van der Waals surface area contributed by atoms with Crippen LogP contribution in [0.3, 0.4) is 0 Å². The zero-order valence-electron chi connectivity index (χ0n) is 20.0. The van der Waals surface area contributed by atoms with Crippen LogP contribution in [0.2, 0.25) is 0 Å². The Hall–Kier alpha value is -2.94. The molecule has 0 bridgehead atoms. The highest BCUT2D eigenvalue weighted by Gasteiger charge is 2.53. The zero-order valence-corrected chi connectivity index (χ0v) is 20.0. The lowest BCUT2D eigenvalue weighted by atomic mass is 9.84. The van der Waals surface area contributed by atoms with E-state index in [9.17, 15) is 22.4 Å². The second-order valence-electron chi connectivity index (χ2n) is 10.0. The van der Waals surface area contributed by atoms with E-state index in [1.807, 2.05) is 0 Å². The normalized spacial score (nSPS) is 22.4. The van der Waals surface area contributed by atoms with Gasteiger partial charge in [0.2, 0.25) is 0 Å². The Bertz CT molecular complexity index is 1130. The predicted octanol–water partition coefficient (Wildman–Crippen LogP) is 6.14. The molecule has 0 aromatic heterocycles. The van der Waals surface area contributed by atoms with E-state index in [0.717, 1.165) is 31.7 Å². The number of rotatable bonds is 4. The average Bonchev–Trinajstić information content (AvgIpc) is 3.11. The minimum absolute atomic E-state index is 0.154. The van der Waals surface area contributed by atoms with Crippen LogP contribution in [0.15, 0.2) is 53.5 Å². The number of aliphatic imine (C=N–C) groups is 1. The number of amidine groups is 1. The molecule has 9 heteroatoms. The number of nitrogens with zero attached hydrogens (tertiary/aromatic N) is 3. The van der Waals surface area contributed by atoms with Crippen LogP contribution in [0.5, 0.6) is 0 Å². The fourth-order valence-electron chi connectivity index (χ4n) is 5.74. The van der Waals surface area contributed by atoms with Gasteiger partial charge in [-0.2, -0.15) is 13.2 Å². The van der Waals surface area contributed by atoms with Crippen molar-refractivity contribution in [3.8, 4) is 0 Å². The van der Waals surface area contributed by atoms with Crippen LogP contribution < -0.4 is 10.2 Å². The van der Waals surface area contributed by atoms with Gasteiger partial charge in [0.1, 0.15) is 17.2 Å². The first kappa shape index (κ1) is 24.7. The lowest BCUT2D eigenvalue weighted by molar-refractivity contribution is -0.137. The van der Waals surface area contributed by atoms with E-state index in [-0.39, 0.29) is 12.1 Å². The number of benzene rings is 2. The average molecular weight is 503 g/mol. The van der Waals surface area contributed by atoms with Crippen LogP contribution >= 0.6 is 0 Å². The van der Waals surface area contributed by atoms with Crippen LogP contribution in [-0.2, 0) is 12.7 Å². The van der Waals surface area contributed by atoms with Crippen LogP contribution in [0.25, 0.3) is 0 Å².